The summed E-state index contributed by atoms with van der Waals surface area (Å²) >= 11 is 0. The maximum atomic E-state index is 9.77. The van der Waals surface area contributed by atoms with Crippen LogP contribution in [0.25, 0.3) is 0 Å². The van der Waals surface area contributed by atoms with Gasteiger partial charge in [0.1, 0.15) is 0 Å². The van der Waals surface area contributed by atoms with Crippen LogP contribution in [-0.2, 0) is 4.74 Å². The number of likely N-dealkylation sites (N-methyl/N-ethyl adjacent to an activating group) is 1. The molecule has 0 saturated carbocycles. The molecule has 1 aromatic rings. The van der Waals surface area contributed by atoms with E-state index in [1.54, 1.807) is 6.92 Å². The van der Waals surface area contributed by atoms with E-state index in [-0.39, 0.29) is 6.61 Å². The number of ether oxygens (including phenoxy) is 1. The van der Waals surface area contributed by atoms with Gasteiger partial charge in [0.05, 0.1) is 25.9 Å². The zero-order valence-corrected chi connectivity index (χ0v) is 11.2. The minimum absolute atomic E-state index is 0.0520. The topological polar surface area (TPSA) is 52.9 Å². The van der Waals surface area contributed by atoms with Gasteiger partial charge in [0, 0.05) is 24.3 Å². The average molecular weight is 253 g/mol. The fourth-order valence-electron chi connectivity index (χ4n) is 1.92. The summed E-state index contributed by atoms with van der Waals surface area (Å²) in [5.74, 6) is 0. The summed E-state index contributed by atoms with van der Waals surface area (Å²) in [6, 6.07) is 7.86. The van der Waals surface area contributed by atoms with E-state index < -0.39 is 6.10 Å². The molecule has 18 heavy (non-hydrogen) atoms. The Labute approximate surface area is 109 Å². The van der Waals surface area contributed by atoms with Crippen LogP contribution < -0.4 is 4.90 Å². The second-order valence-electron chi connectivity index (χ2n) is 4.15. The van der Waals surface area contributed by atoms with Gasteiger partial charge in [-0.15, -0.1) is 0 Å². The highest BCUT2D eigenvalue weighted by Gasteiger charge is 2.12. The summed E-state index contributed by atoms with van der Waals surface area (Å²) in [6.45, 7) is 6.45. The van der Waals surface area contributed by atoms with E-state index >= 15 is 0 Å². The first-order chi connectivity index (χ1) is 8.70. The van der Waals surface area contributed by atoms with Crippen LogP contribution in [0.4, 0.5) is 5.69 Å². The van der Waals surface area contributed by atoms with Gasteiger partial charge in [-0.3, -0.25) is 0 Å². The molecule has 102 valence electrons. The molecular formula is C14H23NO3. The zero-order chi connectivity index (χ0) is 13.4. The third-order valence-corrected chi connectivity index (χ3v) is 2.85. The number of aliphatic hydroxyl groups excluding tert-OH is 2. The van der Waals surface area contributed by atoms with Crippen LogP contribution in [0.3, 0.4) is 0 Å². The molecule has 0 amide bonds. The van der Waals surface area contributed by atoms with Crippen molar-refractivity contribution in [3.05, 3.63) is 29.8 Å². The van der Waals surface area contributed by atoms with Crippen LogP contribution in [0.2, 0.25) is 0 Å². The highest BCUT2D eigenvalue weighted by atomic mass is 16.5. The standard InChI is InChI=1S/C14H23NO3/c1-3-15(8-10-18-11-9-16)14-7-5-4-6-13(14)12(2)17/h4-7,12,16-17H,3,8-11H2,1-2H3/t12-/m1/s1. The first-order valence-corrected chi connectivity index (χ1v) is 6.41. The Morgan fingerprint density at radius 1 is 1.28 bits per heavy atom. The molecule has 0 bridgehead atoms. The van der Waals surface area contributed by atoms with Gasteiger partial charge in [-0.2, -0.15) is 0 Å². The van der Waals surface area contributed by atoms with Gasteiger partial charge in [-0.25, -0.2) is 0 Å². The third-order valence-electron chi connectivity index (χ3n) is 2.85. The number of aliphatic hydroxyl groups is 2. The fraction of sp³-hybridized carbons (Fsp3) is 0.571. The van der Waals surface area contributed by atoms with Gasteiger partial charge in [0.15, 0.2) is 0 Å². The fourth-order valence-corrected chi connectivity index (χ4v) is 1.92. The summed E-state index contributed by atoms with van der Waals surface area (Å²) in [7, 11) is 0. The summed E-state index contributed by atoms with van der Waals surface area (Å²) in [5.41, 5.74) is 1.98. The van der Waals surface area contributed by atoms with Crippen molar-refractivity contribution in [3.8, 4) is 0 Å². The van der Waals surface area contributed by atoms with Crippen LogP contribution in [0, 0.1) is 0 Å². The molecule has 0 aliphatic heterocycles. The molecule has 4 heteroatoms. The molecule has 1 aromatic carbocycles. The summed E-state index contributed by atoms with van der Waals surface area (Å²) in [5, 5.41) is 18.4. The third kappa shape index (κ3) is 4.29. The highest BCUT2D eigenvalue weighted by Crippen LogP contribution is 2.25. The van der Waals surface area contributed by atoms with E-state index in [0.29, 0.717) is 13.2 Å². The summed E-state index contributed by atoms with van der Waals surface area (Å²) in [4.78, 5) is 2.17. The van der Waals surface area contributed by atoms with Gasteiger partial charge >= 0.3 is 0 Å². The number of para-hydroxylation sites is 1. The number of nitrogens with zero attached hydrogens (tertiary/aromatic N) is 1. The number of benzene rings is 1. The Hall–Kier alpha value is -1.10. The number of hydrogen-bond donors (Lipinski definition) is 2. The number of hydrogen-bond acceptors (Lipinski definition) is 4. The quantitative estimate of drug-likeness (QED) is 0.691. The monoisotopic (exact) mass is 253 g/mol. The van der Waals surface area contributed by atoms with Crippen LogP contribution in [0.5, 0.6) is 0 Å². The van der Waals surface area contributed by atoms with E-state index in [2.05, 4.69) is 11.8 Å². The van der Waals surface area contributed by atoms with Crippen LogP contribution in [0.1, 0.15) is 25.5 Å². The van der Waals surface area contributed by atoms with Crippen molar-refractivity contribution in [1.82, 2.24) is 0 Å². The van der Waals surface area contributed by atoms with E-state index in [4.69, 9.17) is 9.84 Å². The van der Waals surface area contributed by atoms with Crippen molar-refractivity contribution in [2.75, 3.05) is 37.8 Å². The Bertz CT molecular complexity index is 342. The Balaban J connectivity index is 2.69. The lowest BCUT2D eigenvalue weighted by molar-refractivity contribution is 0.0967. The van der Waals surface area contributed by atoms with Crippen LogP contribution >= 0.6 is 0 Å². The van der Waals surface area contributed by atoms with Crippen molar-refractivity contribution >= 4 is 5.69 Å². The second kappa shape index (κ2) is 8.08. The predicted molar refractivity (Wildman–Crippen MR) is 72.9 cm³/mol. The Morgan fingerprint density at radius 3 is 2.61 bits per heavy atom. The minimum Gasteiger partial charge on any atom is -0.394 e. The van der Waals surface area contributed by atoms with Gasteiger partial charge in [0.25, 0.3) is 0 Å². The normalized spacial score (nSPS) is 12.4. The molecule has 0 radical (unpaired) electrons. The molecule has 0 unspecified atom stereocenters. The number of anilines is 1. The molecule has 0 heterocycles. The molecule has 0 fully saturated rings. The highest BCUT2D eigenvalue weighted by molar-refractivity contribution is 5.54. The molecular weight excluding hydrogens is 230 g/mol. The first-order valence-electron chi connectivity index (χ1n) is 6.41. The van der Waals surface area contributed by atoms with E-state index in [1.807, 2.05) is 24.3 Å². The Morgan fingerprint density at radius 2 is 2.00 bits per heavy atom. The Kier molecular flexibility index (Phi) is 6.72. The predicted octanol–water partition coefficient (Wildman–Crippen LogP) is 1.58. The molecule has 1 rings (SSSR count). The van der Waals surface area contributed by atoms with E-state index in [1.165, 1.54) is 0 Å². The van der Waals surface area contributed by atoms with Crippen molar-refractivity contribution in [1.29, 1.82) is 0 Å². The zero-order valence-electron chi connectivity index (χ0n) is 11.2. The van der Waals surface area contributed by atoms with Crippen molar-refractivity contribution in [3.63, 3.8) is 0 Å². The van der Waals surface area contributed by atoms with Crippen LogP contribution in [-0.4, -0.2) is 43.1 Å². The smallest absolute Gasteiger partial charge is 0.0781 e. The van der Waals surface area contributed by atoms with Gasteiger partial charge in [-0.05, 0) is 19.9 Å². The molecule has 0 aliphatic carbocycles. The van der Waals surface area contributed by atoms with Gasteiger partial charge in [-0.1, -0.05) is 18.2 Å². The SMILES string of the molecule is CCN(CCOCCO)c1ccccc1[C@@H](C)O. The molecule has 0 aliphatic rings. The van der Waals surface area contributed by atoms with Crippen molar-refractivity contribution < 1.29 is 14.9 Å². The van der Waals surface area contributed by atoms with Gasteiger partial charge in [0.2, 0.25) is 0 Å². The van der Waals surface area contributed by atoms with E-state index in [9.17, 15) is 5.11 Å². The second-order valence-corrected chi connectivity index (χ2v) is 4.15. The lowest BCUT2D eigenvalue weighted by atomic mass is 10.1. The van der Waals surface area contributed by atoms with Crippen LogP contribution in [0.15, 0.2) is 24.3 Å². The molecule has 1 atom stereocenters. The molecule has 4 nitrogen and oxygen atoms in total. The lowest BCUT2D eigenvalue weighted by Crippen LogP contribution is -2.28. The molecule has 0 spiro atoms. The molecule has 0 aromatic heterocycles. The number of rotatable bonds is 8. The van der Waals surface area contributed by atoms with Crippen molar-refractivity contribution in [2.24, 2.45) is 0 Å². The molecule has 2 N–H and O–H groups in total. The maximum absolute atomic E-state index is 9.77. The largest absolute Gasteiger partial charge is 0.394 e. The molecule has 0 saturated heterocycles. The maximum Gasteiger partial charge on any atom is 0.0781 e. The van der Waals surface area contributed by atoms with Gasteiger partial charge < -0.3 is 19.8 Å². The van der Waals surface area contributed by atoms with E-state index in [0.717, 1.165) is 24.3 Å². The first kappa shape index (κ1) is 15.0. The summed E-state index contributed by atoms with van der Waals surface area (Å²) < 4.78 is 5.28. The minimum atomic E-state index is -0.478. The lowest BCUT2D eigenvalue weighted by Gasteiger charge is -2.26. The average Bonchev–Trinajstić information content (AvgIpc) is 2.39. The summed E-state index contributed by atoms with van der Waals surface area (Å²) in [6.07, 6.45) is -0.478. The van der Waals surface area contributed by atoms with Crippen molar-refractivity contribution in [2.45, 2.75) is 20.0 Å².